The van der Waals surface area contributed by atoms with Crippen LogP contribution in [0.4, 0.5) is 0 Å². The maximum absolute atomic E-state index is 12.3. The maximum atomic E-state index is 12.3. The lowest BCUT2D eigenvalue weighted by molar-refractivity contribution is -0.576. The van der Waals surface area contributed by atoms with Crippen molar-refractivity contribution < 1.29 is 38.7 Å². The van der Waals surface area contributed by atoms with Crippen LogP contribution in [0.1, 0.15) is 59.3 Å². The summed E-state index contributed by atoms with van der Waals surface area (Å²) in [4.78, 5) is 35.0. The van der Waals surface area contributed by atoms with Gasteiger partial charge < -0.3 is 25.1 Å². The van der Waals surface area contributed by atoms with Crippen molar-refractivity contribution in [3.05, 3.63) is 0 Å². The molecular formula is C20H31NO8. The molecule has 3 N–H and O–H groups in total. The van der Waals surface area contributed by atoms with E-state index < -0.39 is 41.9 Å². The van der Waals surface area contributed by atoms with Crippen molar-refractivity contribution in [2.75, 3.05) is 0 Å². The van der Waals surface area contributed by atoms with E-state index in [1.54, 1.807) is 0 Å². The second-order valence-corrected chi connectivity index (χ2v) is 9.25. The number of esters is 1. The molecule has 164 valence electrons. The summed E-state index contributed by atoms with van der Waals surface area (Å²) in [6.45, 7) is 6.07. The van der Waals surface area contributed by atoms with Crippen LogP contribution in [-0.2, 0) is 33.6 Å². The number of carbonyl (C=O) groups is 2. The Labute approximate surface area is 170 Å². The van der Waals surface area contributed by atoms with Gasteiger partial charge in [0.1, 0.15) is 6.04 Å². The number of ether oxygens (including phenoxy) is 3. The van der Waals surface area contributed by atoms with Gasteiger partial charge in [0.15, 0.2) is 11.9 Å². The van der Waals surface area contributed by atoms with Gasteiger partial charge in [-0.25, -0.2) is 9.78 Å². The Hall–Kier alpha value is -1.26. The van der Waals surface area contributed by atoms with E-state index in [1.165, 1.54) is 0 Å². The van der Waals surface area contributed by atoms with Gasteiger partial charge >= 0.3 is 11.9 Å². The van der Waals surface area contributed by atoms with Gasteiger partial charge in [0.2, 0.25) is 12.1 Å². The molecule has 0 amide bonds. The van der Waals surface area contributed by atoms with Crippen LogP contribution in [0, 0.1) is 23.7 Å². The molecule has 0 aromatic heterocycles. The molecule has 4 saturated heterocycles. The average molecular weight is 413 g/mol. The van der Waals surface area contributed by atoms with Crippen molar-refractivity contribution in [3.63, 3.8) is 0 Å². The van der Waals surface area contributed by atoms with Crippen molar-refractivity contribution >= 4 is 11.9 Å². The first-order chi connectivity index (χ1) is 13.7. The van der Waals surface area contributed by atoms with E-state index in [0.717, 1.165) is 19.3 Å². The number of carboxylic acids is 1. The lowest BCUT2D eigenvalue weighted by Gasteiger charge is -2.59. The topological polar surface area (TPSA) is 127 Å². The van der Waals surface area contributed by atoms with E-state index in [1.807, 2.05) is 13.8 Å². The Morgan fingerprint density at radius 3 is 2.69 bits per heavy atom. The third-order valence-electron chi connectivity index (χ3n) is 7.32. The van der Waals surface area contributed by atoms with Crippen molar-refractivity contribution in [1.82, 2.24) is 0 Å². The Balaban J connectivity index is 1.52. The molecule has 0 aromatic rings. The average Bonchev–Trinajstić information content (AvgIpc) is 2.90. The minimum atomic E-state index is -1.14. The molecule has 29 heavy (non-hydrogen) atoms. The normalized spacial score (nSPS) is 47.0. The number of hydrogen-bond donors (Lipinski definition) is 2. The fraction of sp³-hybridized carbons (Fsp3) is 0.900. The number of hydrogen-bond acceptors (Lipinski definition) is 8. The zero-order chi connectivity index (χ0) is 21.0. The summed E-state index contributed by atoms with van der Waals surface area (Å²) in [6, 6.07) is -1.09. The zero-order valence-electron chi connectivity index (χ0n) is 17.2. The van der Waals surface area contributed by atoms with E-state index in [0.29, 0.717) is 12.3 Å². The molecule has 9 nitrogen and oxygen atoms in total. The van der Waals surface area contributed by atoms with Gasteiger partial charge in [-0.1, -0.05) is 13.8 Å². The highest BCUT2D eigenvalue weighted by atomic mass is 17.3. The Kier molecular flexibility index (Phi) is 5.40. The summed E-state index contributed by atoms with van der Waals surface area (Å²) < 4.78 is 18.0. The number of aliphatic carboxylic acids is 1. The number of fused-ring (bicyclic) bond motifs is 2. The van der Waals surface area contributed by atoms with Gasteiger partial charge in [-0.3, -0.25) is 9.59 Å². The zero-order valence-corrected chi connectivity index (χ0v) is 17.2. The highest BCUT2D eigenvalue weighted by Crippen LogP contribution is 2.60. The summed E-state index contributed by atoms with van der Waals surface area (Å²) in [5, 5.41) is 8.87. The third kappa shape index (κ3) is 3.46. The van der Waals surface area contributed by atoms with E-state index in [2.05, 4.69) is 6.92 Å². The molecule has 5 aliphatic rings. The molecule has 5 fully saturated rings. The standard InChI is InChI=1S/C20H31NO8/c1-10-4-5-13-11(2)17(25-15(22)7-6-14(21)16(23)24)26-18-20(13)12(10)8-9-19(3,27-18)28-29-20/h10-14,17-18H,4-9,21H2,1-3H3,(H,23,24)/t10-,11-,12+,13+,14+,17-,18-,19-,20-/m1/s1. The van der Waals surface area contributed by atoms with Gasteiger partial charge in [0.25, 0.3) is 0 Å². The van der Waals surface area contributed by atoms with Gasteiger partial charge in [-0.05, 0) is 44.4 Å². The van der Waals surface area contributed by atoms with Gasteiger partial charge in [0.05, 0.1) is 0 Å². The second kappa shape index (κ2) is 7.46. The summed E-state index contributed by atoms with van der Waals surface area (Å²) in [5.74, 6) is -1.93. The number of carbonyl (C=O) groups excluding carboxylic acids is 1. The Morgan fingerprint density at radius 1 is 1.21 bits per heavy atom. The van der Waals surface area contributed by atoms with Gasteiger partial charge in [-0.2, -0.15) is 0 Å². The molecule has 9 atom stereocenters. The van der Waals surface area contributed by atoms with E-state index >= 15 is 0 Å². The molecule has 2 bridgehead atoms. The lowest BCUT2D eigenvalue weighted by atomic mass is 9.58. The second-order valence-electron chi connectivity index (χ2n) is 9.25. The smallest absolute Gasteiger partial charge is 0.320 e. The largest absolute Gasteiger partial charge is 0.480 e. The molecule has 1 aliphatic carbocycles. The molecule has 4 heterocycles. The highest BCUT2D eigenvalue weighted by molar-refractivity contribution is 5.75. The van der Waals surface area contributed by atoms with Crippen LogP contribution in [0.3, 0.4) is 0 Å². The minimum Gasteiger partial charge on any atom is -0.480 e. The fourth-order valence-electron chi connectivity index (χ4n) is 5.59. The summed E-state index contributed by atoms with van der Waals surface area (Å²) in [7, 11) is 0. The van der Waals surface area contributed by atoms with Crippen molar-refractivity contribution in [2.45, 2.75) is 89.3 Å². The first-order valence-electron chi connectivity index (χ1n) is 10.5. The summed E-state index contributed by atoms with van der Waals surface area (Å²) in [6.07, 6.45) is 2.06. The number of nitrogens with two attached hydrogens (primary N) is 1. The SMILES string of the molecule is C[C@H]1[C@H](OC(=O)CC[C@H](N)C(=O)O)O[C@@H]2O[C@@]3(C)CC[C@H]4[C@H](C)CC[C@@H]1[C@@]24OO3. The maximum Gasteiger partial charge on any atom is 0.320 e. The summed E-state index contributed by atoms with van der Waals surface area (Å²) >= 11 is 0. The van der Waals surface area contributed by atoms with Crippen molar-refractivity contribution in [2.24, 2.45) is 29.4 Å². The van der Waals surface area contributed by atoms with Gasteiger partial charge in [0, 0.05) is 24.7 Å². The van der Waals surface area contributed by atoms with E-state index in [9.17, 15) is 9.59 Å². The predicted molar refractivity (Wildman–Crippen MR) is 97.8 cm³/mol. The first-order valence-corrected chi connectivity index (χ1v) is 10.5. The molecule has 5 rings (SSSR count). The Bertz CT molecular complexity index is 673. The van der Waals surface area contributed by atoms with Crippen LogP contribution < -0.4 is 5.73 Å². The fourth-order valence-corrected chi connectivity index (χ4v) is 5.59. The van der Waals surface area contributed by atoms with Crippen LogP contribution in [0.25, 0.3) is 0 Å². The molecule has 9 heteroatoms. The number of rotatable bonds is 5. The molecule has 1 saturated carbocycles. The predicted octanol–water partition coefficient (Wildman–Crippen LogP) is 1.93. The summed E-state index contributed by atoms with van der Waals surface area (Å²) in [5.41, 5.74) is 4.77. The van der Waals surface area contributed by atoms with E-state index in [4.69, 9.17) is 34.8 Å². The third-order valence-corrected chi connectivity index (χ3v) is 7.32. The van der Waals surface area contributed by atoms with Crippen molar-refractivity contribution in [3.8, 4) is 0 Å². The van der Waals surface area contributed by atoms with E-state index in [-0.39, 0.29) is 30.6 Å². The highest BCUT2D eigenvalue weighted by Gasteiger charge is 2.69. The molecule has 4 aliphatic heterocycles. The van der Waals surface area contributed by atoms with Crippen molar-refractivity contribution in [1.29, 1.82) is 0 Å². The molecule has 0 radical (unpaired) electrons. The quantitative estimate of drug-likeness (QED) is 0.513. The van der Waals surface area contributed by atoms with Crippen LogP contribution in [0.2, 0.25) is 0 Å². The Morgan fingerprint density at radius 2 is 1.97 bits per heavy atom. The van der Waals surface area contributed by atoms with Crippen LogP contribution in [0.5, 0.6) is 0 Å². The lowest BCUT2D eigenvalue weighted by Crippen LogP contribution is -2.70. The number of carboxylic acid groups (broad SMARTS) is 1. The van der Waals surface area contributed by atoms with Gasteiger partial charge in [-0.15, -0.1) is 0 Å². The van der Waals surface area contributed by atoms with Crippen LogP contribution in [0.15, 0.2) is 0 Å². The first kappa shape index (κ1) is 21.0. The molecular weight excluding hydrogens is 382 g/mol. The minimum absolute atomic E-state index is 0.0111. The molecule has 1 spiro atoms. The molecule has 0 aromatic carbocycles. The molecule has 0 unspecified atom stereocenters. The van der Waals surface area contributed by atoms with Crippen LogP contribution in [-0.4, -0.2) is 47.1 Å². The monoisotopic (exact) mass is 413 g/mol. The van der Waals surface area contributed by atoms with Crippen LogP contribution >= 0.6 is 0 Å².